The summed E-state index contributed by atoms with van der Waals surface area (Å²) in [6.45, 7) is 17.9. The van der Waals surface area contributed by atoms with Crippen molar-refractivity contribution in [2.24, 2.45) is 0 Å². The van der Waals surface area contributed by atoms with Gasteiger partial charge in [-0.2, -0.15) is 0 Å². The molecule has 0 fully saturated rings. The van der Waals surface area contributed by atoms with Gasteiger partial charge < -0.3 is 0 Å². The van der Waals surface area contributed by atoms with E-state index in [0.29, 0.717) is 0 Å². The molecule has 0 amide bonds. The van der Waals surface area contributed by atoms with Crippen molar-refractivity contribution in [1.82, 2.24) is 0 Å². The average Bonchev–Trinajstić information content (AvgIpc) is 2.41. The molecule has 0 aliphatic carbocycles. The molecule has 0 unspecified atom stereocenters. The summed E-state index contributed by atoms with van der Waals surface area (Å²) in [4.78, 5) is 0. The maximum absolute atomic E-state index is 4.42. The van der Waals surface area contributed by atoms with Crippen LogP contribution in [0, 0.1) is 6.92 Å². The standard InChI is InChI=1S/C17H26Ge/c1-7-18(8-2,9-3)16(6)15(5)17-12-10-14(4)11-13-17/h10-13H,5-9H2,1-4H3. The van der Waals surface area contributed by atoms with Crippen LogP contribution >= 0.6 is 0 Å². The molecule has 0 bridgehead atoms. The Hall–Kier alpha value is -0.757. The zero-order valence-electron chi connectivity index (χ0n) is 12.3. The van der Waals surface area contributed by atoms with E-state index in [1.54, 1.807) is 0 Å². The van der Waals surface area contributed by atoms with Crippen molar-refractivity contribution >= 4 is 18.8 Å². The summed E-state index contributed by atoms with van der Waals surface area (Å²) in [5.41, 5.74) is 3.72. The molecule has 98 valence electrons. The molecular formula is C17H26Ge. The van der Waals surface area contributed by atoms with Crippen molar-refractivity contribution in [2.45, 2.75) is 43.5 Å². The van der Waals surface area contributed by atoms with Crippen LogP contribution < -0.4 is 0 Å². The molecule has 18 heavy (non-hydrogen) atoms. The second-order valence-corrected chi connectivity index (χ2v) is 16.3. The van der Waals surface area contributed by atoms with Crippen LogP contribution in [0.1, 0.15) is 31.9 Å². The molecule has 0 aliphatic heterocycles. The van der Waals surface area contributed by atoms with Gasteiger partial charge in [-0.25, -0.2) is 0 Å². The predicted molar refractivity (Wildman–Crippen MR) is 86.6 cm³/mol. The Bertz CT molecular complexity index is 413. The molecular weight excluding hydrogens is 277 g/mol. The van der Waals surface area contributed by atoms with E-state index < -0.39 is 13.3 Å². The number of aryl methyl sites for hydroxylation is 1. The van der Waals surface area contributed by atoms with Crippen molar-refractivity contribution in [1.29, 1.82) is 0 Å². The summed E-state index contributed by atoms with van der Waals surface area (Å²) < 4.78 is 1.39. The van der Waals surface area contributed by atoms with Crippen LogP contribution in [-0.4, -0.2) is 13.3 Å². The van der Waals surface area contributed by atoms with Gasteiger partial charge in [-0.3, -0.25) is 0 Å². The average molecular weight is 303 g/mol. The zero-order chi connectivity index (χ0) is 13.8. The van der Waals surface area contributed by atoms with Crippen LogP contribution in [0.3, 0.4) is 0 Å². The van der Waals surface area contributed by atoms with Crippen LogP contribution in [0.15, 0.2) is 41.8 Å². The van der Waals surface area contributed by atoms with Crippen LogP contribution in [0.25, 0.3) is 5.57 Å². The molecule has 0 aliphatic rings. The van der Waals surface area contributed by atoms with Gasteiger partial charge in [0.2, 0.25) is 0 Å². The van der Waals surface area contributed by atoms with E-state index in [-0.39, 0.29) is 0 Å². The second-order valence-electron chi connectivity index (χ2n) is 5.16. The van der Waals surface area contributed by atoms with Crippen LogP contribution in [-0.2, 0) is 0 Å². The second kappa shape index (κ2) is 6.42. The monoisotopic (exact) mass is 304 g/mol. The van der Waals surface area contributed by atoms with Crippen LogP contribution in [0.5, 0.6) is 0 Å². The Balaban J connectivity index is 3.03. The quantitative estimate of drug-likeness (QED) is 0.473. The van der Waals surface area contributed by atoms with Gasteiger partial charge in [-0.05, 0) is 0 Å². The Morgan fingerprint density at radius 2 is 1.39 bits per heavy atom. The number of benzene rings is 1. The zero-order valence-corrected chi connectivity index (χ0v) is 14.4. The van der Waals surface area contributed by atoms with Crippen LogP contribution in [0.2, 0.25) is 15.8 Å². The first kappa shape index (κ1) is 15.3. The van der Waals surface area contributed by atoms with Gasteiger partial charge in [0.25, 0.3) is 0 Å². The molecule has 0 spiro atoms. The molecule has 1 heteroatoms. The molecule has 0 N–H and O–H groups in total. The molecule has 0 radical (unpaired) electrons. The molecule has 0 saturated carbocycles. The fourth-order valence-electron chi connectivity index (χ4n) is 2.64. The molecule has 1 rings (SSSR count). The van der Waals surface area contributed by atoms with Gasteiger partial charge in [0.15, 0.2) is 0 Å². The molecule has 1 aromatic rings. The summed E-state index contributed by atoms with van der Waals surface area (Å²) in [7, 11) is 0. The third kappa shape index (κ3) is 2.97. The van der Waals surface area contributed by atoms with Crippen molar-refractivity contribution in [3.8, 4) is 0 Å². The Labute approximate surface area is 115 Å². The predicted octanol–water partition coefficient (Wildman–Crippen LogP) is 5.61. The molecule has 0 heterocycles. The molecule has 0 saturated heterocycles. The maximum atomic E-state index is 4.42. The normalized spacial score (nSPS) is 11.3. The van der Waals surface area contributed by atoms with Crippen molar-refractivity contribution in [2.75, 3.05) is 0 Å². The van der Waals surface area contributed by atoms with Gasteiger partial charge in [-0.1, -0.05) is 0 Å². The fourth-order valence-corrected chi connectivity index (χ4v) is 10.1. The Kier molecular flexibility index (Phi) is 5.46. The summed E-state index contributed by atoms with van der Waals surface area (Å²) in [6.07, 6.45) is 0. The minimum atomic E-state index is -1.93. The molecule has 0 aromatic heterocycles. The van der Waals surface area contributed by atoms with Crippen LogP contribution in [0.4, 0.5) is 0 Å². The minimum absolute atomic E-state index is 1.18. The summed E-state index contributed by atoms with van der Waals surface area (Å²) >= 11 is -1.93. The van der Waals surface area contributed by atoms with E-state index >= 15 is 0 Å². The van der Waals surface area contributed by atoms with Gasteiger partial charge in [0, 0.05) is 0 Å². The Morgan fingerprint density at radius 1 is 0.944 bits per heavy atom. The molecule has 1 aromatic carbocycles. The van der Waals surface area contributed by atoms with Gasteiger partial charge in [-0.15, -0.1) is 0 Å². The van der Waals surface area contributed by atoms with Crippen molar-refractivity contribution in [3.63, 3.8) is 0 Å². The number of hydrogen-bond donors (Lipinski definition) is 0. The third-order valence-corrected chi connectivity index (χ3v) is 16.3. The summed E-state index contributed by atoms with van der Waals surface area (Å²) in [5.74, 6) is 0. The van der Waals surface area contributed by atoms with E-state index in [1.165, 1.54) is 36.9 Å². The number of rotatable bonds is 6. The van der Waals surface area contributed by atoms with E-state index in [9.17, 15) is 0 Å². The SMILES string of the molecule is C=C([C](=C)[Ge]([CH2]C)([CH2]C)[CH2]C)c1ccc(C)cc1. The van der Waals surface area contributed by atoms with Gasteiger partial charge >= 0.3 is 115 Å². The van der Waals surface area contributed by atoms with Crippen molar-refractivity contribution in [3.05, 3.63) is 53.0 Å². The first-order valence-corrected chi connectivity index (χ1v) is 12.5. The Morgan fingerprint density at radius 3 is 1.78 bits per heavy atom. The van der Waals surface area contributed by atoms with E-state index in [4.69, 9.17) is 0 Å². The fraction of sp³-hybridized carbons (Fsp3) is 0.412. The first-order valence-electron chi connectivity index (χ1n) is 6.96. The summed E-state index contributed by atoms with van der Waals surface area (Å²) in [6, 6.07) is 8.67. The summed E-state index contributed by atoms with van der Waals surface area (Å²) in [5, 5.41) is 3.95. The van der Waals surface area contributed by atoms with E-state index in [2.05, 4.69) is 65.1 Å². The van der Waals surface area contributed by atoms with Gasteiger partial charge in [0.05, 0.1) is 0 Å². The van der Waals surface area contributed by atoms with Gasteiger partial charge in [0.1, 0.15) is 0 Å². The number of allylic oxidation sites excluding steroid dienone is 2. The van der Waals surface area contributed by atoms with E-state index in [1.807, 2.05) is 0 Å². The third-order valence-electron chi connectivity index (χ3n) is 4.43. The number of hydrogen-bond acceptors (Lipinski definition) is 0. The molecule has 0 atom stereocenters. The topological polar surface area (TPSA) is 0 Å². The van der Waals surface area contributed by atoms with E-state index in [0.717, 1.165) is 0 Å². The molecule has 0 nitrogen and oxygen atoms in total. The van der Waals surface area contributed by atoms with Crippen molar-refractivity contribution < 1.29 is 0 Å². The first-order chi connectivity index (χ1) is 8.50.